The van der Waals surface area contributed by atoms with Gasteiger partial charge in [-0.05, 0) is 43.9 Å². The molecule has 1 aromatic carbocycles. The molecule has 2 aliphatic rings. The number of fused-ring (bicyclic) bond motifs is 4. The van der Waals surface area contributed by atoms with Crippen molar-refractivity contribution in [3.63, 3.8) is 0 Å². The predicted octanol–water partition coefficient (Wildman–Crippen LogP) is 3.49. The molecular weight excluding hydrogens is 298 g/mol. The highest BCUT2D eigenvalue weighted by Gasteiger charge is 2.34. The molecular formula is C17H20ClN3O. The minimum absolute atomic E-state index is 0.406. The SMILES string of the molecule is COc1cc(Cl)cc(-c2c3c(nn2C)[C@H]2CCC[C@@H](C3)N2)c1. The number of hydrogen-bond donors (Lipinski definition) is 1. The molecule has 0 unspecified atom stereocenters. The van der Waals surface area contributed by atoms with Crippen molar-refractivity contribution in [2.45, 2.75) is 37.8 Å². The van der Waals surface area contributed by atoms with Crippen molar-refractivity contribution in [2.75, 3.05) is 7.11 Å². The molecule has 0 radical (unpaired) electrons. The van der Waals surface area contributed by atoms with Crippen molar-refractivity contribution in [3.05, 3.63) is 34.5 Å². The van der Waals surface area contributed by atoms with Crippen LogP contribution in [0.1, 0.15) is 36.6 Å². The Kier molecular flexibility index (Phi) is 3.39. The molecule has 0 amide bonds. The maximum atomic E-state index is 6.25. The van der Waals surface area contributed by atoms with Gasteiger partial charge in [0.2, 0.25) is 0 Å². The van der Waals surface area contributed by atoms with Gasteiger partial charge >= 0.3 is 0 Å². The molecule has 0 spiro atoms. The molecule has 0 aliphatic carbocycles. The van der Waals surface area contributed by atoms with E-state index in [2.05, 4.69) is 5.32 Å². The Morgan fingerprint density at radius 3 is 3.00 bits per heavy atom. The lowest BCUT2D eigenvalue weighted by molar-refractivity contribution is 0.297. The van der Waals surface area contributed by atoms with Gasteiger partial charge in [-0.2, -0.15) is 5.10 Å². The molecule has 1 fully saturated rings. The average molecular weight is 318 g/mol. The summed E-state index contributed by atoms with van der Waals surface area (Å²) in [6, 6.07) is 6.86. The maximum absolute atomic E-state index is 6.25. The molecule has 2 bridgehead atoms. The van der Waals surface area contributed by atoms with E-state index in [-0.39, 0.29) is 0 Å². The van der Waals surface area contributed by atoms with Crippen molar-refractivity contribution in [2.24, 2.45) is 7.05 Å². The third-order valence-corrected chi connectivity index (χ3v) is 5.04. The van der Waals surface area contributed by atoms with Crippen LogP contribution in [-0.2, 0) is 13.5 Å². The first-order chi connectivity index (χ1) is 10.7. The van der Waals surface area contributed by atoms with Crippen molar-refractivity contribution < 1.29 is 4.74 Å². The smallest absolute Gasteiger partial charge is 0.121 e. The van der Waals surface area contributed by atoms with Gasteiger partial charge in [-0.15, -0.1) is 0 Å². The third-order valence-electron chi connectivity index (χ3n) is 4.82. The van der Waals surface area contributed by atoms with E-state index in [9.17, 15) is 0 Å². The zero-order valence-electron chi connectivity index (χ0n) is 12.9. The number of benzene rings is 1. The number of hydrogen-bond acceptors (Lipinski definition) is 3. The Bertz CT molecular complexity index is 725. The molecule has 1 aromatic heterocycles. The van der Waals surface area contributed by atoms with Gasteiger partial charge in [0.15, 0.2) is 0 Å². The first kappa shape index (κ1) is 14.1. The molecule has 2 aromatic rings. The molecule has 2 aliphatic heterocycles. The van der Waals surface area contributed by atoms with Crippen LogP contribution in [0.2, 0.25) is 5.02 Å². The van der Waals surface area contributed by atoms with Crippen LogP contribution in [0.3, 0.4) is 0 Å². The van der Waals surface area contributed by atoms with E-state index in [0.29, 0.717) is 17.1 Å². The van der Waals surface area contributed by atoms with Crippen LogP contribution in [0.4, 0.5) is 0 Å². The van der Waals surface area contributed by atoms with Gasteiger partial charge < -0.3 is 10.1 Å². The van der Waals surface area contributed by atoms with Crippen LogP contribution in [0.15, 0.2) is 18.2 Å². The monoisotopic (exact) mass is 317 g/mol. The zero-order chi connectivity index (χ0) is 15.3. The van der Waals surface area contributed by atoms with E-state index in [0.717, 1.165) is 17.7 Å². The zero-order valence-corrected chi connectivity index (χ0v) is 13.7. The van der Waals surface area contributed by atoms with Crippen molar-refractivity contribution in [3.8, 4) is 17.0 Å². The number of methoxy groups -OCH3 is 1. The third kappa shape index (κ3) is 2.22. The topological polar surface area (TPSA) is 39.1 Å². The van der Waals surface area contributed by atoms with Crippen molar-refractivity contribution in [1.29, 1.82) is 0 Å². The lowest BCUT2D eigenvalue weighted by atomic mass is 9.84. The summed E-state index contributed by atoms with van der Waals surface area (Å²) in [6.07, 6.45) is 4.77. The van der Waals surface area contributed by atoms with E-state index >= 15 is 0 Å². The fraction of sp³-hybridized carbons (Fsp3) is 0.471. The lowest BCUT2D eigenvalue weighted by Gasteiger charge is -2.35. The van der Waals surface area contributed by atoms with Crippen molar-refractivity contribution >= 4 is 11.6 Å². The summed E-state index contributed by atoms with van der Waals surface area (Å²) in [5.41, 5.74) is 4.85. The second-order valence-corrected chi connectivity index (χ2v) is 6.70. The molecule has 1 N–H and O–H groups in total. The predicted molar refractivity (Wildman–Crippen MR) is 87.4 cm³/mol. The van der Waals surface area contributed by atoms with E-state index in [4.69, 9.17) is 21.4 Å². The first-order valence-electron chi connectivity index (χ1n) is 7.82. The summed E-state index contributed by atoms with van der Waals surface area (Å²) in [4.78, 5) is 0. The van der Waals surface area contributed by atoms with Crippen LogP contribution < -0.4 is 10.1 Å². The number of ether oxygens (including phenoxy) is 1. The molecule has 22 heavy (non-hydrogen) atoms. The number of piperidine rings is 1. The summed E-state index contributed by atoms with van der Waals surface area (Å²) in [6.45, 7) is 0. The van der Waals surface area contributed by atoms with E-state index in [1.54, 1.807) is 7.11 Å². The molecule has 1 saturated heterocycles. The van der Waals surface area contributed by atoms with Gasteiger partial charge in [0.25, 0.3) is 0 Å². The van der Waals surface area contributed by atoms with Gasteiger partial charge in [0.05, 0.1) is 24.5 Å². The standard InChI is InChI=1S/C17H20ClN3O/c1-21-17(10-6-11(18)8-13(7-10)22-2)14-9-12-4-3-5-15(19-12)16(14)20-21/h6-8,12,15,19H,3-5,9H2,1-2H3/t12-,15+/m0/s1. The molecule has 4 rings (SSSR count). The number of aromatic nitrogens is 2. The molecule has 0 saturated carbocycles. The minimum atomic E-state index is 0.406. The number of halogens is 1. The second-order valence-electron chi connectivity index (χ2n) is 6.27. The fourth-order valence-electron chi connectivity index (χ4n) is 3.89. The number of rotatable bonds is 2. The number of aryl methyl sites for hydroxylation is 1. The van der Waals surface area contributed by atoms with E-state index in [1.807, 2.05) is 29.9 Å². The van der Waals surface area contributed by atoms with Gasteiger partial charge in [-0.25, -0.2) is 0 Å². The Labute approximate surface area is 135 Å². The van der Waals surface area contributed by atoms with E-state index < -0.39 is 0 Å². The summed E-state index contributed by atoms with van der Waals surface area (Å²) in [7, 11) is 3.69. The molecule has 2 atom stereocenters. The Balaban J connectivity index is 1.86. The summed E-state index contributed by atoms with van der Waals surface area (Å²) >= 11 is 6.25. The van der Waals surface area contributed by atoms with Gasteiger partial charge in [-0.3, -0.25) is 4.68 Å². The van der Waals surface area contributed by atoms with E-state index in [1.165, 1.54) is 36.2 Å². The normalized spacial score (nSPS) is 23.2. The highest BCUT2D eigenvalue weighted by molar-refractivity contribution is 6.31. The fourth-order valence-corrected chi connectivity index (χ4v) is 4.12. The van der Waals surface area contributed by atoms with Crippen LogP contribution in [-0.4, -0.2) is 22.9 Å². The summed E-state index contributed by atoms with van der Waals surface area (Å²) < 4.78 is 7.36. The molecule has 4 nitrogen and oxygen atoms in total. The highest BCUT2D eigenvalue weighted by atomic mass is 35.5. The van der Waals surface area contributed by atoms with Gasteiger partial charge in [0.1, 0.15) is 5.75 Å². The molecule has 116 valence electrons. The number of nitrogens with zero attached hydrogens (tertiary/aromatic N) is 2. The first-order valence-corrected chi connectivity index (χ1v) is 8.20. The van der Waals surface area contributed by atoms with Gasteiger partial charge in [0, 0.05) is 29.2 Å². The van der Waals surface area contributed by atoms with Crippen LogP contribution in [0, 0.1) is 0 Å². The van der Waals surface area contributed by atoms with Crippen LogP contribution >= 0.6 is 11.6 Å². The second kappa shape index (κ2) is 5.28. The molecule has 5 heteroatoms. The van der Waals surface area contributed by atoms with Crippen LogP contribution in [0.25, 0.3) is 11.3 Å². The Morgan fingerprint density at radius 1 is 1.32 bits per heavy atom. The molecule has 3 heterocycles. The van der Waals surface area contributed by atoms with Gasteiger partial charge in [-0.1, -0.05) is 11.6 Å². The minimum Gasteiger partial charge on any atom is -0.497 e. The average Bonchev–Trinajstić information content (AvgIpc) is 2.83. The van der Waals surface area contributed by atoms with Crippen molar-refractivity contribution in [1.82, 2.24) is 15.1 Å². The number of nitrogens with one attached hydrogen (secondary N) is 1. The Hall–Kier alpha value is -1.52. The van der Waals surface area contributed by atoms with Crippen LogP contribution in [0.5, 0.6) is 5.75 Å². The lowest BCUT2D eigenvalue weighted by Crippen LogP contribution is -2.42. The highest BCUT2D eigenvalue weighted by Crippen LogP contribution is 2.39. The maximum Gasteiger partial charge on any atom is 0.121 e. The summed E-state index contributed by atoms with van der Waals surface area (Å²) in [5, 5.41) is 9.20. The Morgan fingerprint density at radius 2 is 2.18 bits per heavy atom. The quantitative estimate of drug-likeness (QED) is 0.921. The summed E-state index contributed by atoms with van der Waals surface area (Å²) in [5.74, 6) is 0.784. The largest absolute Gasteiger partial charge is 0.497 e.